The van der Waals surface area contributed by atoms with Crippen molar-refractivity contribution in [3.63, 3.8) is 0 Å². The predicted octanol–water partition coefficient (Wildman–Crippen LogP) is 1.66. The van der Waals surface area contributed by atoms with Gasteiger partial charge in [0, 0.05) is 13.7 Å². The lowest BCUT2D eigenvalue weighted by atomic mass is 10.4. The molecular formula is C13H20BrN3O3. The molecule has 0 saturated heterocycles. The monoisotopic (exact) mass is 345 g/mol. The quantitative estimate of drug-likeness (QED) is 0.544. The molecule has 0 aliphatic rings. The van der Waals surface area contributed by atoms with Gasteiger partial charge in [-0.2, -0.15) is 5.10 Å². The Labute approximate surface area is 126 Å². The molecule has 0 aliphatic heterocycles. The van der Waals surface area contributed by atoms with Gasteiger partial charge in [0.05, 0.1) is 38.2 Å². The van der Waals surface area contributed by atoms with E-state index in [0.29, 0.717) is 43.1 Å². The Hall–Kier alpha value is -1.18. The molecule has 1 aromatic rings. The molecule has 0 saturated carbocycles. The number of ether oxygens (including phenoxy) is 2. The Bertz CT molecular complexity index is 502. The first kappa shape index (κ1) is 16.9. The van der Waals surface area contributed by atoms with Gasteiger partial charge in [-0.25, -0.2) is 4.68 Å². The number of methoxy groups -OCH3 is 1. The second-order valence-corrected chi connectivity index (χ2v) is 5.12. The van der Waals surface area contributed by atoms with Crippen LogP contribution in [0.5, 0.6) is 0 Å². The van der Waals surface area contributed by atoms with Crippen molar-refractivity contribution in [3.8, 4) is 0 Å². The number of hydrogen-bond acceptors (Lipinski definition) is 5. The SMILES string of the molecule is C=C(C)COCCNc1cnn(CCOC)c(=O)c1Br. The minimum absolute atomic E-state index is 0.185. The molecule has 112 valence electrons. The Morgan fingerprint density at radius 1 is 1.55 bits per heavy atom. The molecule has 1 N–H and O–H groups in total. The van der Waals surface area contributed by atoms with Crippen molar-refractivity contribution < 1.29 is 9.47 Å². The van der Waals surface area contributed by atoms with Crippen LogP contribution in [0.25, 0.3) is 0 Å². The van der Waals surface area contributed by atoms with Crippen molar-refractivity contribution in [1.82, 2.24) is 9.78 Å². The van der Waals surface area contributed by atoms with Gasteiger partial charge in [0.1, 0.15) is 4.47 Å². The molecule has 0 radical (unpaired) electrons. The molecule has 0 bridgehead atoms. The van der Waals surface area contributed by atoms with Crippen LogP contribution in [0.3, 0.4) is 0 Å². The van der Waals surface area contributed by atoms with Gasteiger partial charge in [0.15, 0.2) is 0 Å². The highest BCUT2D eigenvalue weighted by atomic mass is 79.9. The smallest absolute Gasteiger partial charge is 0.283 e. The zero-order valence-corrected chi connectivity index (χ0v) is 13.4. The van der Waals surface area contributed by atoms with Crippen molar-refractivity contribution in [3.05, 3.63) is 33.2 Å². The molecule has 0 aliphatic carbocycles. The first-order valence-electron chi connectivity index (χ1n) is 6.26. The van der Waals surface area contributed by atoms with Crippen LogP contribution in [0.4, 0.5) is 5.69 Å². The highest BCUT2D eigenvalue weighted by molar-refractivity contribution is 9.10. The Balaban J connectivity index is 2.53. The number of nitrogens with one attached hydrogen (secondary N) is 1. The van der Waals surface area contributed by atoms with E-state index in [1.54, 1.807) is 13.3 Å². The summed E-state index contributed by atoms with van der Waals surface area (Å²) in [6.45, 7) is 8.20. The average Bonchev–Trinajstić information content (AvgIpc) is 2.41. The standard InChI is InChI=1S/C13H20BrN3O3/c1-10(2)9-20-6-4-15-11-8-16-17(5-7-19-3)13(18)12(11)14/h8,15H,1,4-7,9H2,2-3H3. The second-order valence-electron chi connectivity index (χ2n) is 4.33. The summed E-state index contributed by atoms with van der Waals surface area (Å²) in [5.41, 5.74) is 1.45. The molecule has 1 aromatic heterocycles. The van der Waals surface area contributed by atoms with Crippen LogP contribution in [0.15, 0.2) is 27.6 Å². The van der Waals surface area contributed by atoms with Crippen LogP contribution in [0.1, 0.15) is 6.92 Å². The first-order chi connectivity index (χ1) is 9.56. The fraction of sp³-hybridized carbons (Fsp3) is 0.538. The molecule has 0 unspecified atom stereocenters. The molecule has 20 heavy (non-hydrogen) atoms. The van der Waals surface area contributed by atoms with Gasteiger partial charge in [0.2, 0.25) is 0 Å². The number of anilines is 1. The third-order valence-electron chi connectivity index (χ3n) is 2.40. The van der Waals surface area contributed by atoms with Gasteiger partial charge in [-0.15, -0.1) is 0 Å². The summed E-state index contributed by atoms with van der Waals surface area (Å²) in [6, 6.07) is 0. The van der Waals surface area contributed by atoms with E-state index in [1.807, 2.05) is 6.92 Å². The number of rotatable bonds is 9. The minimum atomic E-state index is -0.185. The minimum Gasteiger partial charge on any atom is -0.383 e. The largest absolute Gasteiger partial charge is 0.383 e. The predicted molar refractivity (Wildman–Crippen MR) is 82.2 cm³/mol. The number of aromatic nitrogens is 2. The van der Waals surface area contributed by atoms with Gasteiger partial charge in [-0.1, -0.05) is 12.2 Å². The number of halogens is 1. The van der Waals surface area contributed by atoms with E-state index < -0.39 is 0 Å². The van der Waals surface area contributed by atoms with E-state index in [4.69, 9.17) is 9.47 Å². The number of hydrogen-bond donors (Lipinski definition) is 1. The summed E-state index contributed by atoms with van der Waals surface area (Å²) in [7, 11) is 1.58. The lowest BCUT2D eigenvalue weighted by Crippen LogP contribution is -2.26. The van der Waals surface area contributed by atoms with E-state index >= 15 is 0 Å². The first-order valence-corrected chi connectivity index (χ1v) is 7.06. The lowest BCUT2D eigenvalue weighted by Gasteiger charge is -2.10. The van der Waals surface area contributed by atoms with Gasteiger partial charge >= 0.3 is 0 Å². The number of nitrogens with zero attached hydrogens (tertiary/aromatic N) is 2. The van der Waals surface area contributed by atoms with Crippen molar-refractivity contribution in [2.45, 2.75) is 13.5 Å². The van der Waals surface area contributed by atoms with Crippen LogP contribution in [-0.4, -0.2) is 43.3 Å². The summed E-state index contributed by atoms with van der Waals surface area (Å²) in [5, 5.41) is 7.18. The van der Waals surface area contributed by atoms with E-state index in [-0.39, 0.29) is 5.56 Å². The summed E-state index contributed by atoms with van der Waals surface area (Å²) in [5.74, 6) is 0. The fourth-order valence-corrected chi connectivity index (χ4v) is 1.88. The van der Waals surface area contributed by atoms with Gasteiger partial charge in [0.25, 0.3) is 5.56 Å². The molecule has 0 spiro atoms. The van der Waals surface area contributed by atoms with E-state index in [1.165, 1.54) is 4.68 Å². The van der Waals surface area contributed by atoms with Crippen LogP contribution >= 0.6 is 15.9 Å². The van der Waals surface area contributed by atoms with E-state index in [2.05, 4.69) is 32.9 Å². The summed E-state index contributed by atoms with van der Waals surface area (Å²) in [4.78, 5) is 12.0. The summed E-state index contributed by atoms with van der Waals surface area (Å²) in [6.07, 6.45) is 1.61. The van der Waals surface area contributed by atoms with E-state index in [9.17, 15) is 4.79 Å². The maximum Gasteiger partial charge on any atom is 0.283 e. The molecule has 6 nitrogen and oxygen atoms in total. The highest BCUT2D eigenvalue weighted by Gasteiger charge is 2.08. The van der Waals surface area contributed by atoms with Crippen molar-refractivity contribution in [2.24, 2.45) is 0 Å². The second kappa shape index (κ2) is 8.89. The van der Waals surface area contributed by atoms with Gasteiger partial charge < -0.3 is 14.8 Å². The fourth-order valence-electron chi connectivity index (χ4n) is 1.43. The molecule has 0 amide bonds. The molecule has 0 fully saturated rings. The van der Waals surface area contributed by atoms with Crippen molar-refractivity contribution in [1.29, 1.82) is 0 Å². The molecule has 1 heterocycles. The zero-order chi connectivity index (χ0) is 15.0. The van der Waals surface area contributed by atoms with Crippen molar-refractivity contribution in [2.75, 3.05) is 38.8 Å². The third kappa shape index (κ3) is 5.44. The summed E-state index contributed by atoms with van der Waals surface area (Å²) < 4.78 is 12.1. The lowest BCUT2D eigenvalue weighted by molar-refractivity contribution is 0.167. The Morgan fingerprint density at radius 2 is 2.30 bits per heavy atom. The van der Waals surface area contributed by atoms with Gasteiger partial charge in [-0.3, -0.25) is 4.79 Å². The highest BCUT2D eigenvalue weighted by Crippen LogP contribution is 2.15. The third-order valence-corrected chi connectivity index (χ3v) is 3.17. The maximum absolute atomic E-state index is 12.0. The molecule has 7 heteroatoms. The molecule has 0 atom stereocenters. The van der Waals surface area contributed by atoms with Crippen LogP contribution in [0, 0.1) is 0 Å². The zero-order valence-electron chi connectivity index (χ0n) is 11.8. The molecular weight excluding hydrogens is 326 g/mol. The summed E-state index contributed by atoms with van der Waals surface area (Å²) >= 11 is 3.28. The average molecular weight is 346 g/mol. The van der Waals surface area contributed by atoms with E-state index in [0.717, 1.165) is 5.57 Å². The van der Waals surface area contributed by atoms with Crippen LogP contribution in [-0.2, 0) is 16.0 Å². The van der Waals surface area contributed by atoms with Crippen molar-refractivity contribution >= 4 is 21.6 Å². The Morgan fingerprint density at radius 3 is 2.95 bits per heavy atom. The Kier molecular flexibility index (Phi) is 7.50. The normalized spacial score (nSPS) is 10.6. The molecule has 1 rings (SSSR count). The van der Waals surface area contributed by atoms with Gasteiger partial charge in [-0.05, 0) is 22.9 Å². The maximum atomic E-state index is 12.0. The van der Waals surface area contributed by atoms with Crippen LogP contribution in [0.2, 0.25) is 0 Å². The topological polar surface area (TPSA) is 65.4 Å². The molecule has 0 aromatic carbocycles. The van der Waals surface area contributed by atoms with Crippen LogP contribution < -0.4 is 10.9 Å².